The Balaban J connectivity index is 2.37. The standard InChI is InChI=1S/C17H19F/c1-11-5-7-15(9-13(11)3)17(18)16-8-6-12(2)14(4)10-16/h5-10,17H,1-4H3. The second kappa shape index (κ2) is 4.93. The molecule has 2 aromatic carbocycles. The zero-order valence-electron chi connectivity index (χ0n) is 11.4. The molecule has 0 saturated heterocycles. The van der Waals surface area contributed by atoms with Crippen LogP contribution < -0.4 is 0 Å². The Hall–Kier alpha value is -1.63. The van der Waals surface area contributed by atoms with E-state index in [2.05, 4.69) is 0 Å². The molecule has 0 atom stereocenters. The third-order valence-electron chi connectivity index (χ3n) is 3.65. The van der Waals surface area contributed by atoms with Crippen molar-refractivity contribution >= 4 is 0 Å². The zero-order chi connectivity index (χ0) is 13.3. The molecule has 0 aliphatic rings. The first kappa shape index (κ1) is 12.8. The number of hydrogen-bond donors (Lipinski definition) is 0. The number of halogens is 1. The summed E-state index contributed by atoms with van der Waals surface area (Å²) in [4.78, 5) is 0. The lowest BCUT2D eigenvalue weighted by Crippen LogP contribution is -1.97. The lowest BCUT2D eigenvalue weighted by Gasteiger charge is -2.12. The van der Waals surface area contributed by atoms with E-state index < -0.39 is 6.17 Å². The Morgan fingerprint density at radius 2 is 1.06 bits per heavy atom. The molecule has 0 unspecified atom stereocenters. The summed E-state index contributed by atoms with van der Waals surface area (Å²) < 4.78 is 14.5. The summed E-state index contributed by atoms with van der Waals surface area (Å²) in [6.45, 7) is 8.13. The maximum absolute atomic E-state index is 14.5. The van der Waals surface area contributed by atoms with Gasteiger partial charge in [0.25, 0.3) is 0 Å². The molecule has 0 aliphatic carbocycles. The van der Waals surface area contributed by atoms with E-state index in [1.807, 2.05) is 64.1 Å². The predicted octanol–water partition coefficient (Wildman–Crippen LogP) is 4.98. The fraction of sp³-hybridized carbons (Fsp3) is 0.294. The molecular formula is C17H19F. The highest BCUT2D eigenvalue weighted by molar-refractivity contribution is 5.38. The summed E-state index contributed by atoms with van der Waals surface area (Å²) in [5, 5.41) is 0. The summed E-state index contributed by atoms with van der Waals surface area (Å²) in [5.41, 5.74) is 6.15. The minimum absolute atomic E-state index is 0.737. The number of rotatable bonds is 2. The molecule has 0 radical (unpaired) electrons. The third kappa shape index (κ3) is 2.45. The van der Waals surface area contributed by atoms with E-state index in [1.165, 1.54) is 11.1 Å². The van der Waals surface area contributed by atoms with Gasteiger partial charge in [0.1, 0.15) is 0 Å². The fourth-order valence-electron chi connectivity index (χ4n) is 2.04. The van der Waals surface area contributed by atoms with Gasteiger partial charge < -0.3 is 0 Å². The minimum Gasteiger partial charge on any atom is -0.237 e. The summed E-state index contributed by atoms with van der Waals surface area (Å²) >= 11 is 0. The first-order valence-electron chi connectivity index (χ1n) is 6.27. The minimum atomic E-state index is -1.04. The van der Waals surface area contributed by atoms with Gasteiger partial charge in [-0.15, -0.1) is 0 Å². The number of alkyl halides is 1. The highest BCUT2D eigenvalue weighted by Gasteiger charge is 2.13. The molecule has 18 heavy (non-hydrogen) atoms. The molecule has 1 heteroatoms. The maximum atomic E-state index is 14.5. The van der Waals surface area contributed by atoms with Crippen molar-refractivity contribution in [1.29, 1.82) is 0 Å². The van der Waals surface area contributed by atoms with Crippen molar-refractivity contribution in [3.63, 3.8) is 0 Å². The van der Waals surface area contributed by atoms with Gasteiger partial charge in [-0.3, -0.25) is 0 Å². The SMILES string of the molecule is Cc1ccc(C(F)c2ccc(C)c(C)c2)cc1C. The van der Waals surface area contributed by atoms with E-state index in [4.69, 9.17) is 0 Å². The Labute approximate surface area is 108 Å². The van der Waals surface area contributed by atoms with Crippen LogP contribution in [-0.4, -0.2) is 0 Å². The van der Waals surface area contributed by atoms with Gasteiger partial charge in [-0.05, 0) is 61.1 Å². The lowest BCUT2D eigenvalue weighted by molar-refractivity contribution is 0.401. The van der Waals surface area contributed by atoms with Crippen molar-refractivity contribution in [1.82, 2.24) is 0 Å². The first-order chi connectivity index (χ1) is 8.49. The average molecular weight is 242 g/mol. The molecule has 2 aromatic rings. The average Bonchev–Trinajstić information content (AvgIpc) is 2.35. The van der Waals surface area contributed by atoms with Crippen LogP contribution in [0.4, 0.5) is 4.39 Å². The van der Waals surface area contributed by atoms with Crippen molar-refractivity contribution in [3.05, 3.63) is 69.8 Å². The molecule has 0 aliphatic heterocycles. The first-order valence-corrected chi connectivity index (χ1v) is 6.27. The van der Waals surface area contributed by atoms with Gasteiger partial charge in [0.2, 0.25) is 0 Å². The van der Waals surface area contributed by atoms with Crippen LogP contribution in [0.5, 0.6) is 0 Å². The van der Waals surface area contributed by atoms with Crippen LogP contribution in [0.3, 0.4) is 0 Å². The Kier molecular flexibility index (Phi) is 3.51. The zero-order valence-corrected chi connectivity index (χ0v) is 11.4. The molecule has 0 amide bonds. The van der Waals surface area contributed by atoms with E-state index in [0.29, 0.717) is 0 Å². The largest absolute Gasteiger partial charge is 0.237 e. The normalized spacial score (nSPS) is 11.0. The molecule has 0 heterocycles. The van der Waals surface area contributed by atoms with Crippen molar-refractivity contribution in [2.24, 2.45) is 0 Å². The maximum Gasteiger partial charge on any atom is 0.150 e. The Morgan fingerprint density at radius 3 is 1.39 bits per heavy atom. The summed E-state index contributed by atoms with van der Waals surface area (Å²) in [7, 11) is 0. The van der Waals surface area contributed by atoms with E-state index >= 15 is 0 Å². The number of hydrogen-bond acceptors (Lipinski definition) is 0. The molecule has 2 rings (SSSR count). The van der Waals surface area contributed by atoms with Crippen molar-refractivity contribution in [3.8, 4) is 0 Å². The summed E-state index contributed by atoms with van der Waals surface area (Å²) in [5.74, 6) is 0. The van der Waals surface area contributed by atoms with Gasteiger partial charge in [0.05, 0.1) is 0 Å². The van der Waals surface area contributed by atoms with Gasteiger partial charge in [0.15, 0.2) is 6.17 Å². The molecule has 94 valence electrons. The molecular weight excluding hydrogens is 223 g/mol. The molecule has 0 aromatic heterocycles. The van der Waals surface area contributed by atoms with Crippen LogP contribution >= 0.6 is 0 Å². The molecule has 0 saturated carbocycles. The molecule has 0 fully saturated rings. The van der Waals surface area contributed by atoms with Crippen LogP contribution in [0.15, 0.2) is 36.4 Å². The van der Waals surface area contributed by atoms with Gasteiger partial charge in [0, 0.05) is 0 Å². The monoisotopic (exact) mass is 242 g/mol. The highest BCUT2D eigenvalue weighted by atomic mass is 19.1. The van der Waals surface area contributed by atoms with Gasteiger partial charge in [-0.1, -0.05) is 36.4 Å². The van der Waals surface area contributed by atoms with Crippen LogP contribution in [-0.2, 0) is 0 Å². The smallest absolute Gasteiger partial charge is 0.150 e. The molecule has 0 bridgehead atoms. The van der Waals surface area contributed by atoms with Crippen LogP contribution in [0, 0.1) is 27.7 Å². The van der Waals surface area contributed by atoms with Crippen molar-refractivity contribution < 1.29 is 4.39 Å². The second-order valence-corrected chi connectivity index (χ2v) is 5.05. The topological polar surface area (TPSA) is 0 Å². The van der Waals surface area contributed by atoms with Crippen LogP contribution in [0.25, 0.3) is 0 Å². The third-order valence-corrected chi connectivity index (χ3v) is 3.65. The summed E-state index contributed by atoms with van der Waals surface area (Å²) in [6, 6.07) is 11.6. The molecule has 0 spiro atoms. The Morgan fingerprint density at radius 1 is 0.667 bits per heavy atom. The van der Waals surface area contributed by atoms with Crippen LogP contribution in [0.2, 0.25) is 0 Å². The summed E-state index contributed by atoms with van der Waals surface area (Å²) in [6.07, 6.45) is -1.04. The quantitative estimate of drug-likeness (QED) is 0.696. The Bertz CT molecular complexity index is 518. The second-order valence-electron chi connectivity index (χ2n) is 5.05. The van der Waals surface area contributed by atoms with E-state index in [1.54, 1.807) is 0 Å². The molecule has 0 nitrogen and oxygen atoms in total. The van der Waals surface area contributed by atoms with Gasteiger partial charge in [-0.25, -0.2) is 4.39 Å². The van der Waals surface area contributed by atoms with Crippen molar-refractivity contribution in [2.75, 3.05) is 0 Å². The van der Waals surface area contributed by atoms with E-state index in [0.717, 1.165) is 22.3 Å². The number of benzene rings is 2. The van der Waals surface area contributed by atoms with Gasteiger partial charge in [-0.2, -0.15) is 0 Å². The predicted molar refractivity (Wildman–Crippen MR) is 74.8 cm³/mol. The van der Waals surface area contributed by atoms with Gasteiger partial charge >= 0.3 is 0 Å². The van der Waals surface area contributed by atoms with Crippen molar-refractivity contribution in [2.45, 2.75) is 33.9 Å². The fourth-order valence-corrected chi connectivity index (χ4v) is 2.04. The number of aryl methyl sites for hydroxylation is 4. The van der Waals surface area contributed by atoms with Crippen LogP contribution in [0.1, 0.15) is 39.6 Å². The van der Waals surface area contributed by atoms with E-state index in [-0.39, 0.29) is 0 Å². The lowest BCUT2D eigenvalue weighted by atomic mass is 9.96. The highest BCUT2D eigenvalue weighted by Crippen LogP contribution is 2.28. The molecule has 0 N–H and O–H groups in total. The van der Waals surface area contributed by atoms with E-state index in [9.17, 15) is 4.39 Å².